The van der Waals surface area contributed by atoms with Gasteiger partial charge >= 0.3 is 0 Å². The number of benzene rings is 5. The first-order valence-electron chi connectivity index (χ1n) is 21.0. The summed E-state index contributed by atoms with van der Waals surface area (Å²) in [6, 6.07) is 41.1. The van der Waals surface area contributed by atoms with Crippen LogP contribution in [-0.2, 0) is 35.8 Å². The standard InChI is InChI=1S/C50H49ClN4O6.ClH/c1-34-47(49(60-52-34)42-27-43(51)45(59-33-37-13-7-4-8-14-37)28-44(42)58-32-36-11-5-3-6-12-36)40-17-10-16-39(26-40)30-55-21-24-57-46(31-55)50-48(35(2)53-61-50)41-18-9-15-38(25-41)29-54-19-22-56-23-20-54;/h3-18,25-28,46H,19-24,29-33H2,1-2H3;1H. The Hall–Kier alpha value is -5.46. The predicted octanol–water partition coefficient (Wildman–Crippen LogP) is 6.08. The molecule has 2 fully saturated rings. The molecule has 0 amide bonds. The van der Waals surface area contributed by atoms with Crippen LogP contribution in [0.1, 0.15) is 45.5 Å². The van der Waals surface area contributed by atoms with Gasteiger partial charge in [0.25, 0.3) is 0 Å². The van der Waals surface area contributed by atoms with E-state index in [9.17, 15) is 0 Å². The summed E-state index contributed by atoms with van der Waals surface area (Å²) in [6.07, 6.45) is -0.225. The molecular weight excluding hydrogens is 823 g/mol. The zero-order valence-electron chi connectivity index (χ0n) is 34.9. The maximum Gasteiger partial charge on any atom is 0.179 e. The summed E-state index contributed by atoms with van der Waals surface area (Å²) in [5.41, 5.74) is 10.9. The molecule has 0 bridgehead atoms. The van der Waals surface area contributed by atoms with E-state index in [4.69, 9.17) is 39.6 Å². The van der Waals surface area contributed by atoms with E-state index >= 15 is 0 Å². The third kappa shape index (κ3) is 10.1. The molecule has 2 aliphatic rings. The molecular formula is C50H50Cl2N4O6. The monoisotopic (exact) mass is 872 g/mol. The van der Waals surface area contributed by atoms with Gasteiger partial charge in [0, 0.05) is 31.3 Å². The molecule has 0 saturated carbocycles. The Morgan fingerprint density at radius 2 is 1.29 bits per heavy atom. The molecule has 0 aliphatic carbocycles. The van der Waals surface area contributed by atoms with Gasteiger partial charge < -0.3 is 45.3 Å². The third-order valence-corrected chi connectivity index (χ3v) is 11.7. The SMILES string of the molecule is Cc1noc(-c2cc(Cl)c(OCc3ccccc3)cc2OCc2ccccc2)c1-c1cccc(C[NH+]2CCOC(c3onc(C)c3-c3cccc(CN4CCOCC4)c3)C2)c1.[Cl-]. The highest BCUT2D eigenvalue weighted by atomic mass is 35.5. The van der Waals surface area contributed by atoms with Crippen molar-refractivity contribution in [3.63, 3.8) is 0 Å². The highest BCUT2D eigenvalue weighted by Gasteiger charge is 2.32. The van der Waals surface area contributed by atoms with E-state index < -0.39 is 0 Å². The van der Waals surface area contributed by atoms with Gasteiger partial charge in [-0.25, -0.2) is 0 Å². The number of hydrogen-bond acceptors (Lipinski definition) is 9. The number of ether oxygens (including phenoxy) is 4. The zero-order chi connectivity index (χ0) is 41.5. The van der Waals surface area contributed by atoms with Crippen LogP contribution in [0.25, 0.3) is 33.6 Å². The molecule has 12 heteroatoms. The van der Waals surface area contributed by atoms with Crippen LogP contribution in [0.15, 0.2) is 130 Å². The summed E-state index contributed by atoms with van der Waals surface area (Å²) in [5, 5.41) is 9.35. The molecule has 320 valence electrons. The highest BCUT2D eigenvalue weighted by Crippen LogP contribution is 2.44. The molecule has 4 heterocycles. The molecule has 10 nitrogen and oxygen atoms in total. The molecule has 2 aliphatic heterocycles. The molecule has 2 aromatic heterocycles. The van der Waals surface area contributed by atoms with Crippen LogP contribution in [0.3, 0.4) is 0 Å². The van der Waals surface area contributed by atoms with Gasteiger partial charge in [0.15, 0.2) is 17.6 Å². The van der Waals surface area contributed by atoms with Crippen molar-refractivity contribution in [1.82, 2.24) is 15.2 Å². The van der Waals surface area contributed by atoms with Crippen molar-refractivity contribution < 1.29 is 45.3 Å². The minimum Gasteiger partial charge on any atom is -1.00 e. The Labute approximate surface area is 373 Å². The van der Waals surface area contributed by atoms with Crippen molar-refractivity contribution >= 4 is 11.6 Å². The number of nitrogens with one attached hydrogen (secondary N) is 1. The summed E-state index contributed by atoms with van der Waals surface area (Å²) >= 11 is 6.95. The Morgan fingerprint density at radius 1 is 0.677 bits per heavy atom. The number of rotatable bonds is 14. The molecule has 5 aromatic carbocycles. The number of hydrogen-bond donors (Lipinski definition) is 1. The minimum absolute atomic E-state index is 0. The number of aryl methyl sites for hydroxylation is 2. The van der Waals surface area contributed by atoms with Gasteiger partial charge in [0.1, 0.15) is 44.3 Å². The van der Waals surface area contributed by atoms with E-state index in [2.05, 4.69) is 63.7 Å². The van der Waals surface area contributed by atoms with Gasteiger partial charge in [-0.1, -0.05) is 119 Å². The van der Waals surface area contributed by atoms with Gasteiger partial charge in [0.2, 0.25) is 0 Å². The molecule has 2 atom stereocenters. The smallest absolute Gasteiger partial charge is 0.179 e. The average molecular weight is 874 g/mol. The predicted molar refractivity (Wildman–Crippen MR) is 235 cm³/mol. The molecule has 1 N–H and O–H groups in total. The lowest BCUT2D eigenvalue weighted by Gasteiger charge is -2.29. The second kappa shape index (κ2) is 20.2. The molecule has 2 saturated heterocycles. The van der Waals surface area contributed by atoms with Gasteiger partial charge in [-0.15, -0.1) is 0 Å². The first-order valence-corrected chi connectivity index (χ1v) is 21.4. The molecule has 0 spiro atoms. The van der Waals surface area contributed by atoms with E-state index in [0.29, 0.717) is 47.7 Å². The van der Waals surface area contributed by atoms with E-state index in [-0.39, 0.29) is 18.5 Å². The fourth-order valence-electron chi connectivity index (χ4n) is 8.33. The van der Waals surface area contributed by atoms with Crippen LogP contribution in [0.4, 0.5) is 0 Å². The van der Waals surface area contributed by atoms with Crippen molar-refractivity contribution in [3.8, 4) is 45.1 Å². The largest absolute Gasteiger partial charge is 1.00 e. The maximum absolute atomic E-state index is 6.95. The fraction of sp³-hybridized carbons (Fsp3) is 0.280. The van der Waals surface area contributed by atoms with Crippen LogP contribution in [0.2, 0.25) is 5.02 Å². The lowest BCUT2D eigenvalue weighted by molar-refractivity contribution is -0.926. The highest BCUT2D eigenvalue weighted by molar-refractivity contribution is 6.32. The third-order valence-electron chi connectivity index (χ3n) is 11.4. The van der Waals surface area contributed by atoms with E-state index in [1.165, 1.54) is 16.0 Å². The Morgan fingerprint density at radius 3 is 2.02 bits per heavy atom. The summed E-state index contributed by atoms with van der Waals surface area (Å²) < 4.78 is 36.9. The van der Waals surface area contributed by atoms with Gasteiger partial charge in [0.05, 0.1) is 52.9 Å². The lowest BCUT2D eigenvalue weighted by atomic mass is 9.97. The number of halogens is 2. The van der Waals surface area contributed by atoms with E-state index in [0.717, 1.165) is 103 Å². The quantitative estimate of drug-likeness (QED) is 0.140. The van der Waals surface area contributed by atoms with Gasteiger partial charge in [-0.05, 0) is 59.9 Å². The number of nitrogens with zero attached hydrogens (tertiary/aromatic N) is 3. The number of morpholine rings is 2. The number of aromatic nitrogens is 2. The Bertz CT molecular complexity index is 2560. The molecule has 7 aromatic rings. The van der Waals surface area contributed by atoms with Crippen molar-refractivity contribution in [2.75, 3.05) is 46.0 Å². The first-order chi connectivity index (χ1) is 29.9. The van der Waals surface area contributed by atoms with Gasteiger partial charge in [-0.2, -0.15) is 0 Å². The first kappa shape index (κ1) is 43.2. The average Bonchev–Trinajstić information content (AvgIpc) is 3.88. The summed E-state index contributed by atoms with van der Waals surface area (Å²) in [6.45, 7) is 12.1. The summed E-state index contributed by atoms with van der Waals surface area (Å²) in [7, 11) is 0. The van der Waals surface area contributed by atoms with Crippen LogP contribution in [-0.4, -0.2) is 61.2 Å². The summed E-state index contributed by atoms with van der Waals surface area (Å²) in [4.78, 5) is 3.83. The van der Waals surface area contributed by atoms with Crippen LogP contribution >= 0.6 is 11.6 Å². The molecule has 2 unspecified atom stereocenters. The van der Waals surface area contributed by atoms with Crippen LogP contribution in [0, 0.1) is 13.8 Å². The van der Waals surface area contributed by atoms with Crippen molar-refractivity contribution in [3.05, 3.63) is 166 Å². The molecule has 0 radical (unpaired) electrons. The van der Waals surface area contributed by atoms with E-state index in [1.54, 1.807) is 0 Å². The van der Waals surface area contributed by atoms with Gasteiger partial charge in [-0.3, -0.25) is 4.90 Å². The second-order valence-electron chi connectivity index (χ2n) is 15.8. The van der Waals surface area contributed by atoms with Crippen LogP contribution < -0.4 is 26.8 Å². The van der Waals surface area contributed by atoms with Crippen molar-refractivity contribution in [2.24, 2.45) is 0 Å². The van der Waals surface area contributed by atoms with E-state index in [1.807, 2.05) is 86.6 Å². The molecule has 9 rings (SSSR count). The Balaban J connectivity index is 0.00000529. The Kier molecular flexibility index (Phi) is 14.0. The summed E-state index contributed by atoms with van der Waals surface area (Å²) in [5.74, 6) is 2.47. The maximum atomic E-state index is 6.95. The normalized spacial score (nSPS) is 16.8. The topological polar surface area (TPSA) is 96.7 Å². The number of quaternary nitrogens is 1. The van der Waals surface area contributed by atoms with Crippen molar-refractivity contribution in [2.45, 2.75) is 46.3 Å². The lowest BCUT2D eigenvalue weighted by Crippen LogP contribution is -3.12. The zero-order valence-corrected chi connectivity index (χ0v) is 36.5. The fourth-order valence-corrected chi connectivity index (χ4v) is 8.55. The second-order valence-corrected chi connectivity index (χ2v) is 16.2. The van der Waals surface area contributed by atoms with Crippen molar-refractivity contribution in [1.29, 1.82) is 0 Å². The molecule has 62 heavy (non-hydrogen) atoms. The van der Waals surface area contributed by atoms with Crippen LogP contribution in [0.5, 0.6) is 11.5 Å². The minimum atomic E-state index is -0.225.